The van der Waals surface area contributed by atoms with Gasteiger partial charge < -0.3 is 24.4 Å². The van der Waals surface area contributed by atoms with Crippen LogP contribution in [0, 0.1) is 11.7 Å². The number of pyridine rings is 1. The van der Waals surface area contributed by atoms with E-state index in [2.05, 4.69) is 4.98 Å². The predicted octanol–water partition coefficient (Wildman–Crippen LogP) is 6.02. The van der Waals surface area contributed by atoms with Gasteiger partial charge in [0.1, 0.15) is 5.75 Å². The van der Waals surface area contributed by atoms with Gasteiger partial charge in [0.2, 0.25) is 0 Å². The van der Waals surface area contributed by atoms with Crippen LogP contribution in [-0.4, -0.2) is 59.5 Å². The molecule has 222 valence electrons. The zero-order valence-electron chi connectivity index (χ0n) is 23.0. The molecular formula is C29H28FNO9S2. The summed E-state index contributed by atoms with van der Waals surface area (Å²) in [6.07, 6.45) is 0.321. The lowest BCUT2D eigenvalue weighted by Gasteiger charge is -2.13. The van der Waals surface area contributed by atoms with Crippen molar-refractivity contribution in [2.24, 2.45) is 5.92 Å². The Balaban J connectivity index is 1.47. The summed E-state index contributed by atoms with van der Waals surface area (Å²) in [5.74, 6) is -3.72. The summed E-state index contributed by atoms with van der Waals surface area (Å²) in [6, 6.07) is 6.41. The van der Waals surface area contributed by atoms with Gasteiger partial charge >= 0.3 is 11.9 Å². The fourth-order valence-corrected chi connectivity index (χ4v) is 6.26. The molecule has 0 amide bonds. The van der Waals surface area contributed by atoms with Crippen molar-refractivity contribution in [3.63, 3.8) is 0 Å². The summed E-state index contributed by atoms with van der Waals surface area (Å²) < 4.78 is 33.3. The third-order valence-electron chi connectivity index (χ3n) is 6.50. The number of carbonyl (C=O) groups is 4. The first-order valence-corrected chi connectivity index (χ1v) is 14.6. The van der Waals surface area contributed by atoms with Crippen molar-refractivity contribution in [2.45, 2.75) is 39.0 Å². The molecule has 0 bridgehead atoms. The predicted molar refractivity (Wildman–Crippen MR) is 155 cm³/mol. The zero-order valence-corrected chi connectivity index (χ0v) is 24.7. The summed E-state index contributed by atoms with van der Waals surface area (Å²) in [7, 11) is 2.89. The lowest BCUT2D eigenvalue weighted by Crippen LogP contribution is -2.13. The van der Waals surface area contributed by atoms with Crippen LogP contribution in [0.15, 0.2) is 24.3 Å². The molecule has 0 aliphatic carbocycles. The molecule has 0 radical (unpaired) electrons. The van der Waals surface area contributed by atoms with E-state index in [9.17, 15) is 19.2 Å². The molecule has 2 N–H and O–H groups in total. The molecule has 10 nitrogen and oxygen atoms in total. The van der Waals surface area contributed by atoms with Gasteiger partial charge in [-0.3, -0.25) is 19.2 Å². The molecule has 4 rings (SSSR count). The monoisotopic (exact) mass is 617 g/mol. The minimum atomic E-state index is -1.08. The first-order chi connectivity index (χ1) is 20.0. The van der Waals surface area contributed by atoms with E-state index in [-0.39, 0.29) is 59.2 Å². The summed E-state index contributed by atoms with van der Waals surface area (Å²) >= 11 is 2.29. The van der Waals surface area contributed by atoms with Crippen LogP contribution in [0.5, 0.6) is 17.2 Å². The minimum absolute atomic E-state index is 0.0950. The Morgan fingerprint density at radius 1 is 0.929 bits per heavy atom. The molecule has 0 spiro atoms. The number of aliphatic carboxylic acids is 2. The van der Waals surface area contributed by atoms with E-state index >= 15 is 4.39 Å². The van der Waals surface area contributed by atoms with Crippen molar-refractivity contribution in [2.75, 3.05) is 20.8 Å². The molecule has 0 fully saturated rings. The maximum atomic E-state index is 15.5. The second kappa shape index (κ2) is 13.3. The Bertz CT molecular complexity index is 1680. The van der Waals surface area contributed by atoms with Gasteiger partial charge in [0.25, 0.3) is 0 Å². The minimum Gasteiger partial charge on any atom is -0.495 e. The molecule has 13 heteroatoms. The van der Waals surface area contributed by atoms with E-state index in [1.165, 1.54) is 38.5 Å². The Morgan fingerprint density at radius 3 is 2.26 bits per heavy atom. The highest BCUT2D eigenvalue weighted by atomic mass is 32.1. The number of aromatic nitrogens is 1. The van der Waals surface area contributed by atoms with Crippen molar-refractivity contribution in [3.05, 3.63) is 45.5 Å². The molecule has 0 saturated heterocycles. The number of ether oxygens (including phenoxy) is 3. The van der Waals surface area contributed by atoms with Crippen LogP contribution in [0.3, 0.4) is 0 Å². The molecule has 0 aliphatic heterocycles. The molecule has 3 heterocycles. The number of thiophene rings is 2. The average Bonchev–Trinajstić information content (AvgIpc) is 3.58. The molecule has 4 aromatic rings. The van der Waals surface area contributed by atoms with Gasteiger partial charge in [-0.05, 0) is 25.0 Å². The molecule has 42 heavy (non-hydrogen) atoms. The number of aryl methyl sites for hydroxylation is 1. The number of hydrogen-bond acceptors (Lipinski definition) is 10. The fourth-order valence-electron chi connectivity index (χ4n) is 4.23. The van der Waals surface area contributed by atoms with E-state index in [4.69, 9.17) is 24.4 Å². The second-order valence-electron chi connectivity index (χ2n) is 9.51. The zero-order chi connectivity index (χ0) is 30.6. The number of fused-ring (bicyclic) bond motifs is 2. The van der Waals surface area contributed by atoms with Crippen molar-refractivity contribution in [1.29, 1.82) is 0 Å². The molecule has 1 aromatic carbocycles. The average molecular weight is 618 g/mol. The molecule has 0 saturated carbocycles. The maximum Gasteiger partial charge on any atom is 0.306 e. The fraction of sp³-hybridized carbons (Fsp3) is 0.345. The van der Waals surface area contributed by atoms with Crippen molar-refractivity contribution >= 4 is 66.5 Å². The van der Waals surface area contributed by atoms with Crippen LogP contribution in [0.1, 0.15) is 57.6 Å². The standard InChI is InChI=1S/C29H28FNO9S2/c1-14(29(36)37)9-19(33)24-10-15-22(41-24)13-21(39-3)28(27(15)30)40-8-4-5-16-20(38-2)12-23-17(31-16)11-25(42-23)18(32)6-7-26(34)35/h10-14H,4-9H2,1-3H3,(H,34,35)(H,36,37)/t14-/m0/s1. The van der Waals surface area contributed by atoms with Crippen LogP contribution in [-0.2, 0) is 16.0 Å². The number of halogens is 1. The maximum absolute atomic E-state index is 15.5. The molecule has 1 atom stereocenters. The van der Waals surface area contributed by atoms with E-state index in [1.54, 1.807) is 18.2 Å². The number of ketones is 2. The van der Waals surface area contributed by atoms with Gasteiger partial charge in [-0.15, -0.1) is 22.7 Å². The first-order valence-electron chi connectivity index (χ1n) is 12.9. The number of Topliss-reactive ketones (excluding diaryl/α,β-unsaturated/α-hetero) is 2. The van der Waals surface area contributed by atoms with Crippen LogP contribution in [0.4, 0.5) is 4.39 Å². The lowest BCUT2D eigenvalue weighted by molar-refractivity contribution is -0.141. The van der Waals surface area contributed by atoms with Gasteiger partial charge in [0.15, 0.2) is 28.9 Å². The van der Waals surface area contributed by atoms with Crippen LogP contribution in [0.2, 0.25) is 0 Å². The van der Waals surface area contributed by atoms with Gasteiger partial charge in [-0.2, -0.15) is 0 Å². The number of nitrogens with zero attached hydrogens (tertiary/aromatic N) is 1. The number of carboxylic acid groups (broad SMARTS) is 2. The van der Waals surface area contributed by atoms with Gasteiger partial charge in [-0.1, -0.05) is 6.92 Å². The number of methoxy groups -OCH3 is 2. The van der Waals surface area contributed by atoms with Gasteiger partial charge in [0, 0.05) is 35.1 Å². The van der Waals surface area contributed by atoms with Crippen molar-refractivity contribution in [3.8, 4) is 17.2 Å². The second-order valence-corrected chi connectivity index (χ2v) is 11.7. The van der Waals surface area contributed by atoms with Crippen molar-refractivity contribution in [1.82, 2.24) is 4.98 Å². The van der Waals surface area contributed by atoms with E-state index in [0.29, 0.717) is 39.4 Å². The highest BCUT2D eigenvalue weighted by molar-refractivity contribution is 7.21. The highest BCUT2D eigenvalue weighted by Gasteiger charge is 2.23. The summed E-state index contributed by atoms with van der Waals surface area (Å²) in [4.78, 5) is 52.1. The van der Waals surface area contributed by atoms with E-state index in [1.807, 2.05) is 0 Å². The lowest BCUT2D eigenvalue weighted by atomic mass is 10.0. The molecule has 3 aromatic heterocycles. The third kappa shape index (κ3) is 6.85. The number of hydrogen-bond donors (Lipinski definition) is 2. The van der Waals surface area contributed by atoms with Crippen molar-refractivity contribution < 1.29 is 48.0 Å². The quantitative estimate of drug-likeness (QED) is 0.120. The largest absolute Gasteiger partial charge is 0.495 e. The Morgan fingerprint density at radius 2 is 1.60 bits per heavy atom. The molecule has 0 unspecified atom stereocenters. The third-order valence-corrected chi connectivity index (χ3v) is 8.73. The van der Waals surface area contributed by atoms with Gasteiger partial charge in [0.05, 0.1) is 58.8 Å². The smallest absolute Gasteiger partial charge is 0.306 e. The Hall–Kier alpha value is -4.10. The molecular weight excluding hydrogens is 589 g/mol. The van der Waals surface area contributed by atoms with Crippen LogP contribution >= 0.6 is 22.7 Å². The number of carbonyl (C=O) groups excluding carboxylic acids is 2. The highest BCUT2D eigenvalue weighted by Crippen LogP contribution is 2.40. The summed E-state index contributed by atoms with van der Waals surface area (Å²) in [6.45, 7) is 1.55. The van der Waals surface area contributed by atoms with E-state index in [0.717, 1.165) is 16.0 Å². The van der Waals surface area contributed by atoms with E-state index < -0.39 is 23.7 Å². The summed E-state index contributed by atoms with van der Waals surface area (Å²) in [5, 5.41) is 18.1. The SMILES string of the molecule is COc1cc2sc(C(=O)CCC(=O)O)cc2nc1CCCOc1c(OC)cc2sc(C(=O)C[C@H](C)C(=O)O)cc2c1F. The van der Waals surface area contributed by atoms with Gasteiger partial charge in [-0.25, -0.2) is 9.37 Å². The normalized spacial score (nSPS) is 11.9. The molecule has 0 aliphatic rings. The summed E-state index contributed by atoms with van der Waals surface area (Å²) in [5.41, 5.74) is 1.21. The van der Waals surface area contributed by atoms with Crippen LogP contribution in [0.25, 0.3) is 20.3 Å². The number of benzene rings is 1. The Labute approximate surface area is 247 Å². The topological polar surface area (TPSA) is 149 Å². The Kier molecular flexibility index (Phi) is 9.74. The van der Waals surface area contributed by atoms with Crippen LogP contribution < -0.4 is 14.2 Å². The number of carboxylic acids is 2. The number of rotatable bonds is 15. The first kappa shape index (κ1) is 30.8.